The van der Waals surface area contributed by atoms with E-state index in [2.05, 4.69) is 11.1 Å². The fraction of sp³-hybridized carbons (Fsp3) is 0.238. The van der Waals surface area contributed by atoms with Crippen LogP contribution in [0.5, 0.6) is 0 Å². The first-order chi connectivity index (χ1) is 13.5. The molecule has 1 aromatic heterocycles. The number of para-hydroxylation sites is 1. The van der Waals surface area contributed by atoms with Gasteiger partial charge in [0.1, 0.15) is 5.82 Å². The molecule has 1 fully saturated rings. The minimum atomic E-state index is -0.580. The zero-order chi connectivity index (χ0) is 19.4. The van der Waals surface area contributed by atoms with E-state index in [9.17, 15) is 14.0 Å². The second kappa shape index (κ2) is 6.43. The van der Waals surface area contributed by atoms with E-state index in [-0.39, 0.29) is 23.3 Å². The number of aromatic nitrogens is 1. The molecule has 2 aliphatic rings. The van der Waals surface area contributed by atoms with Crippen molar-refractivity contribution in [2.24, 2.45) is 0 Å². The number of anilines is 1. The molecule has 1 saturated heterocycles. The van der Waals surface area contributed by atoms with Crippen molar-refractivity contribution >= 4 is 40.0 Å². The van der Waals surface area contributed by atoms with Crippen molar-refractivity contribution < 1.29 is 14.0 Å². The molecule has 0 aliphatic carbocycles. The lowest BCUT2D eigenvalue weighted by Gasteiger charge is -2.30. The monoisotopic (exact) mass is 397 g/mol. The lowest BCUT2D eigenvalue weighted by atomic mass is 10.0. The summed E-state index contributed by atoms with van der Waals surface area (Å²) in [5.74, 6) is -1.16. The molecule has 0 unspecified atom stereocenters. The number of hydrogen-bond acceptors (Lipinski definition) is 3. The average molecular weight is 398 g/mol. The maximum absolute atomic E-state index is 13.4. The molecule has 0 bridgehead atoms. The first-order valence-corrected chi connectivity index (χ1v) is 9.55. The van der Waals surface area contributed by atoms with Crippen LogP contribution in [0.1, 0.15) is 17.7 Å². The number of nitrogens with one attached hydrogen (secondary N) is 1. The molecule has 2 amide bonds. The van der Waals surface area contributed by atoms with Crippen LogP contribution in [0, 0.1) is 5.82 Å². The highest BCUT2D eigenvalue weighted by molar-refractivity contribution is 6.31. The van der Waals surface area contributed by atoms with E-state index < -0.39 is 11.9 Å². The highest BCUT2D eigenvalue weighted by atomic mass is 35.5. The van der Waals surface area contributed by atoms with E-state index in [4.69, 9.17) is 11.6 Å². The molecule has 2 aliphatic heterocycles. The van der Waals surface area contributed by atoms with Crippen LogP contribution >= 0.6 is 11.6 Å². The van der Waals surface area contributed by atoms with Crippen molar-refractivity contribution in [1.29, 1.82) is 0 Å². The van der Waals surface area contributed by atoms with Gasteiger partial charge >= 0.3 is 0 Å². The molecular formula is C21H17ClFN3O2. The van der Waals surface area contributed by atoms with Crippen molar-refractivity contribution in [3.8, 4) is 0 Å². The third-order valence-corrected chi connectivity index (χ3v) is 5.93. The van der Waals surface area contributed by atoms with E-state index >= 15 is 0 Å². The SMILES string of the molecule is O=C1C[C@H](N2CCc3c([nH]c4ccccc34)C2)C(=O)N1c1ccc(F)c(Cl)c1. The maximum atomic E-state index is 13.4. The molecule has 5 nitrogen and oxygen atoms in total. The van der Waals surface area contributed by atoms with Crippen LogP contribution in [0.25, 0.3) is 10.9 Å². The Balaban J connectivity index is 1.42. The zero-order valence-electron chi connectivity index (χ0n) is 14.9. The summed E-state index contributed by atoms with van der Waals surface area (Å²) in [7, 11) is 0. The Morgan fingerprint density at radius 1 is 1.14 bits per heavy atom. The van der Waals surface area contributed by atoms with Gasteiger partial charge < -0.3 is 4.98 Å². The van der Waals surface area contributed by atoms with Crippen LogP contribution < -0.4 is 4.90 Å². The largest absolute Gasteiger partial charge is 0.357 e. The lowest BCUT2D eigenvalue weighted by Crippen LogP contribution is -2.44. The van der Waals surface area contributed by atoms with E-state index in [1.165, 1.54) is 29.1 Å². The number of nitrogens with zero attached hydrogens (tertiary/aromatic N) is 2. The van der Waals surface area contributed by atoms with Crippen molar-refractivity contribution in [3.63, 3.8) is 0 Å². The third kappa shape index (κ3) is 2.64. The topological polar surface area (TPSA) is 56.4 Å². The van der Waals surface area contributed by atoms with Gasteiger partial charge in [-0.15, -0.1) is 0 Å². The number of fused-ring (bicyclic) bond motifs is 3. The van der Waals surface area contributed by atoms with Gasteiger partial charge in [0.05, 0.1) is 23.2 Å². The van der Waals surface area contributed by atoms with Gasteiger partial charge in [-0.25, -0.2) is 9.29 Å². The molecule has 0 saturated carbocycles. The van der Waals surface area contributed by atoms with Gasteiger partial charge in [-0.3, -0.25) is 14.5 Å². The number of imide groups is 1. The third-order valence-electron chi connectivity index (χ3n) is 5.64. The fourth-order valence-corrected chi connectivity index (χ4v) is 4.45. The van der Waals surface area contributed by atoms with Gasteiger partial charge in [0, 0.05) is 29.7 Å². The van der Waals surface area contributed by atoms with E-state index in [0.717, 1.165) is 22.5 Å². The second-order valence-corrected chi connectivity index (χ2v) is 7.64. The molecule has 2 aromatic carbocycles. The molecule has 1 atom stereocenters. The summed E-state index contributed by atoms with van der Waals surface area (Å²) >= 11 is 5.83. The smallest absolute Gasteiger partial charge is 0.251 e. The summed E-state index contributed by atoms with van der Waals surface area (Å²) in [5.41, 5.74) is 3.78. The summed E-state index contributed by atoms with van der Waals surface area (Å²) < 4.78 is 13.4. The number of H-pyrrole nitrogens is 1. The zero-order valence-corrected chi connectivity index (χ0v) is 15.7. The summed E-state index contributed by atoms with van der Waals surface area (Å²) in [4.78, 5) is 32.2. The van der Waals surface area contributed by atoms with E-state index in [1.807, 2.05) is 23.1 Å². The average Bonchev–Trinajstić information content (AvgIpc) is 3.20. The number of halogens is 2. The maximum Gasteiger partial charge on any atom is 0.251 e. The highest BCUT2D eigenvalue weighted by Gasteiger charge is 2.43. The molecule has 1 N–H and O–H groups in total. The fourth-order valence-electron chi connectivity index (χ4n) is 4.28. The number of amides is 2. The predicted octanol–water partition coefficient (Wildman–Crippen LogP) is 3.65. The van der Waals surface area contributed by atoms with Crippen LogP contribution in [-0.4, -0.2) is 34.3 Å². The Morgan fingerprint density at radius 3 is 2.79 bits per heavy atom. The van der Waals surface area contributed by atoms with Crippen LogP contribution in [-0.2, 0) is 22.6 Å². The summed E-state index contributed by atoms with van der Waals surface area (Å²) in [5, 5.41) is 1.11. The Labute approximate surface area is 165 Å². The van der Waals surface area contributed by atoms with E-state index in [0.29, 0.717) is 18.8 Å². The van der Waals surface area contributed by atoms with Crippen molar-refractivity contribution in [1.82, 2.24) is 9.88 Å². The van der Waals surface area contributed by atoms with Gasteiger partial charge in [-0.1, -0.05) is 29.8 Å². The van der Waals surface area contributed by atoms with Crippen LogP contribution in [0.2, 0.25) is 5.02 Å². The van der Waals surface area contributed by atoms with E-state index in [1.54, 1.807) is 0 Å². The number of carbonyl (C=O) groups excluding carboxylic acids is 2. The van der Waals surface area contributed by atoms with Crippen LogP contribution in [0.4, 0.5) is 10.1 Å². The molecule has 7 heteroatoms. The minimum absolute atomic E-state index is 0.109. The number of benzene rings is 2. The van der Waals surface area contributed by atoms with Gasteiger partial charge in [-0.05, 0) is 36.2 Å². The first kappa shape index (κ1) is 17.4. The summed E-state index contributed by atoms with van der Waals surface area (Å²) in [6.07, 6.45) is 0.934. The summed E-state index contributed by atoms with van der Waals surface area (Å²) in [6, 6.07) is 11.5. The molecule has 28 heavy (non-hydrogen) atoms. The minimum Gasteiger partial charge on any atom is -0.357 e. The van der Waals surface area contributed by atoms with Gasteiger partial charge in [0.15, 0.2) is 0 Å². The van der Waals surface area contributed by atoms with Crippen LogP contribution in [0.3, 0.4) is 0 Å². The second-order valence-electron chi connectivity index (χ2n) is 7.23. The molecular weight excluding hydrogens is 381 g/mol. The quantitative estimate of drug-likeness (QED) is 0.671. The molecule has 3 heterocycles. The molecule has 0 spiro atoms. The van der Waals surface area contributed by atoms with Crippen molar-refractivity contribution in [2.75, 3.05) is 11.4 Å². The molecule has 3 aromatic rings. The Bertz CT molecular complexity index is 1130. The Hall–Kier alpha value is -2.70. The molecule has 0 radical (unpaired) electrons. The Kier molecular flexibility index (Phi) is 4.00. The standard InChI is InChI=1S/C21H17ClFN3O2/c22-15-9-12(5-6-16(15)23)26-20(27)10-19(21(26)28)25-8-7-14-13-3-1-2-4-17(13)24-18(14)11-25/h1-6,9,19,24H,7-8,10-11H2/t19-/m0/s1. The predicted molar refractivity (Wildman–Crippen MR) is 105 cm³/mol. The van der Waals surface area contributed by atoms with Gasteiger partial charge in [0.2, 0.25) is 5.91 Å². The van der Waals surface area contributed by atoms with Crippen molar-refractivity contribution in [2.45, 2.75) is 25.4 Å². The first-order valence-electron chi connectivity index (χ1n) is 9.17. The van der Waals surface area contributed by atoms with Gasteiger partial charge in [0.25, 0.3) is 5.91 Å². The Morgan fingerprint density at radius 2 is 1.96 bits per heavy atom. The highest BCUT2D eigenvalue weighted by Crippen LogP contribution is 2.33. The lowest BCUT2D eigenvalue weighted by molar-refractivity contribution is -0.123. The summed E-state index contributed by atoms with van der Waals surface area (Å²) in [6.45, 7) is 1.29. The normalized spacial score (nSPS) is 20.2. The number of hydrogen-bond donors (Lipinski definition) is 1. The number of aromatic amines is 1. The van der Waals surface area contributed by atoms with Crippen molar-refractivity contribution in [3.05, 3.63) is 64.6 Å². The van der Waals surface area contributed by atoms with Gasteiger partial charge in [-0.2, -0.15) is 0 Å². The molecule has 5 rings (SSSR count). The van der Waals surface area contributed by atoms with Crippen LogP contribution in [0.15, 0.2) is 42.5 Å². The molecule has 142 valence electrons. The number of carbonyl (C=O) groups is 2. The number of rotatable bonds is 2.